The van der Waals surface area contributed by atoms with Gasteiger partial charge in [-0.1, -0.05) is 26.0 Å². The molecule has 0 unspecified atom stereocenters. The molecule has 0 fully saturated rings. The van der Waals surface area contributed by atoms with Crippen molar-refractivity contribution in [2.45, 2.75) is 19.8 Å². The van der Waals surface area contributed by atoms with Crippen LogP contribution >= 0.6 is 0 Å². The molecular formula is C16H15F2N3. The molecule has 0 aliphatic rings. The Hall–Kier alpha value is -2.43. The van der Waals surface area contributed by atoms with Crippen LogP contribution in [0, 0.1) is 11.6 Å². The van der Waals surface area contributed by atoms with Gasteiger partial charge in [-0.25, -0.2) is 13.8 Å². The second-order valence-electron chi connectivity index (χ2n) is 5.31. The lowest BCUT2D eigenvalue weighted by molar-refractivity contribution is 0.590. The Morgan fingerprint density at radius 2 is 1.90 bits per heavy atom. The molecule has 3 nitrogen and oxygen atoms in total. The van der Waals surface area contributed by atoms with Gasteiger partial charge in [-0.2, -0.15) is 0 Å². The molecule has 5 heteroatoms. The lowest BCUT2D eigenvalue weighted by Gasteiger charge is -2.11. The van der Waals surface area contributed by atoms with Gasteiger partial charge in [-0.05, 0) is 23.6 Å². The van der Waals surface area contributed by atoms with Crippen molar-refractivity contribution in [3.8, 4) is 5.69 Å². The van der Waals surface area contributed by atoms with Crippen molar-refractivity contribution in [1.29, 1.82) is 0 Å². The van der Waals surface area contributed by atoms with E-state index in [0.29, 0.717) is 11.4 Å². The molecule has 0 bridgehead atoms. The molecule has 108 valence electrons. The van der Waals surface area contributed by atoms with Crippen molar-refractivity contribution >= 4 is 17.0 Å². The standard InChI is InChI=1S/C16H15F2N3/c1-9(2)10-4-3-5-12(6-10)21-14-8-11(17)7-13(18)15(14)20-16(21)19/h3-9H,1-2H3,(H2,19,20). The van der Waals surface area contributed by atoms with E-state index in [1.165, 1.54) is 6.07 Å². The Morgan fingerprint density at radius 3 is 2.62 bits per heavy atom. The molecule has 2 aromatic carbocycles. The summed E-state index contributed by atoms with van der Waals surface area (Å²) in [5.74, 6) is -0.888. The molecule has 0 aliphatic heterocycles. The first kappa shape index (κ1) is 13.5. The van der Waals surface area contributed by atoms with Crippen molar-refractivity contribution in [3.05, 3.63) is 53.6 Å². The zero-order chi connectivity index (χ0) is 15.1. The first-order valence-electron chi connectivity index (χ1n) is 6.70. The van der Waals surface area contributed by atoms with Crippen LogP contribution in [0.1, 0.15) is 25.3 Å². The van der Waals surface area contributed by atoms with Gasteiger partial charge < -0.3 is 5.73 Å². The first-order chi connectivity index (χ1) is 9.97. The number of imidazole rings is 1. The van der Waals surface area contributed by atoms with Crippen LogP contribution in [0.5, 0.6) is 0 Å². The number of halogens is 2. The van der Waals surface area contributed by atoms with Gasteiger partial charge in [0.1, 0.15) is 11.3 Å². The Morgan fingerprint density at radius 1 is 1.14 bits per heavy atom. The molecular weight excluding hydrogens is 272 g/mol. The van der Waals surface area contributed by atoms with E-state index in [1.54, 1.807) is 4.57 Å². The average molecular weight is 287 g/mol. The molecule has 0 saturated carbocycles. The van der Waals surface area contributed by atoms with E-state index in [0.717, 1.165) is 17.3 Å². The maximum Gasteiger partial charge on any atom is 0.206 e. The van der Waals surface area contributed by atoms with Crippen molar-refractivity contribution in [2.24, 2.45) is 0 Å². The van der Waals surface area contributed by atoms with Gasteiger partial charge in [0.15, 0.2) is 5.82 Å². The number of fused-ring (bicyclic) bond motifs is 1. The van der Waals surface area contributed by atoms with Gasteiger partial charge in [-0.3, -0.25) is 4.57 Å². The number of hydrogen-bond donors (Lipinski definition) is 1. The number of aromatic nitrogens is 2. The summed E-state index contributed by atoms with van der Waals surface area (Å²) in [7, 11) is 0. The third-order valence-electron chi connectivity index (χ3n) is 3.50. The monoisotopic (exact) mass is 287 g/mol. The maximum atomic E-state index is 13.8. The largest absolute Gasteiger partial charge is 0.369 e. The average Bonchev–Trinajstić information content (AvgIpc) is 2.75. The second-order valence-corrected chi connectivity index (χ2v) is 5.31. The van der Waals surface area contributed by atoms with Crippen molar-refractivity contribution < 1.29 is 8.78 Å². The molecule has 0 radical (unpaired) electrons. The number of benzene rings is 2. The highest BCUT2D eigenvalue weighted by molar-refractivity contribution is 5.81. The zero-order valence-electron chi connectivity index (χ0n) is 11.8. The van der Waals surface area contributed by atoms with Crippen LogP contribution < -0.4 is 5.73 Å². The van der Waals surface area contributed by atoms with Gasteiger partial charge in [0.25, 0.3) is 0 Å². The Balaban J connectivity index is 2.29. The van der Waals surface area contributed by atoms with Crippen LogP contribution in [-0.4, -0.2) is 9.55 Å². The van der Waals surface area contributed by atoms with Crippen LogP contribution in [0.3, 0.4) is 0 Å². The summed E-state index contributed by atoms with van der Waals surface area (Å²) < 4.78 is 28.8. The third-order valence-corrected chi connectivity index (χ3v) is 3.50. The molecule has 1 heterocycles. The molecule has 0 aliphatic carbocycles. The fourth-order valence-electron chi connectivity index (χ4n) is 2.42. The predicted octanol–water partition coefficient (Wildman–Crippen LogP) is 4.01. The quantitative estimate of drug-likeness (QED) is 0.774. The SMILES string of the molecule is CC(C)c1cccc(-n2c(N)nc3c(F)cc(F)cc32)c1. The van der Waals surface area contributed by atoms with Crippen molar-refractivity contribution in [3.63, 3.8) is 0 Å². The highest BCUT2D eigenvalue weighted by Crippen LogP contribution is 2.27. The van der Waals surface area contributed by atoms with E-state index >= 15 is 0 Å². The Kier molecular flexibility index (Phi) is 3.12. The smallest absolute Gasteiger partial charge is 0.206 e. The number of nitrogens with two attached hydrogens (primary N) is 1. The van der Waals surface area contributed by atoms with E-state index < -0.39 is 11.6 Å². The number of nitrogen functional groups attached to an aromatic ring is 1. The van der Waals surface area contributed by atoms with Gasteiger partial charge in [0.05, 0.1) is 5.52 Å². The van der Waals surface area contributed by atoms with Crippen LogP contribution in [0.4, 0.5) is 14.7 Å². The minimum atomic E-state index is -0.713. The van der Waals surface area contributed by atoms with E-state index in [1.807, 2.05) is 24.3 Å². The lowest BCUT2D eigenvalue weighted by Crippen LogP contribution is -2.01. The molecule has 1 aromatic heterocycles. The van der Waals surface area contributed by atoms with Crippen LogP contribution in [0.15, 0.2) is 36.4 Å². The topological polar surface area (TPSA) is 43.8 Å². The summed E-state index contributed by atoms with van der Waals surface area (Å²) in [4.78, 5) is 4.00. The molecule has 21 heavy (non-hydrogen) atoms. The molecule has 0 saturated heterocycles. The summed E-state index contributed by atoms with van der Waals surface area (Å²) in [5, 5.41) is 0. The third kappa shape index (κ3) is 2.24. The highest BCUT2D eigenvalue weighted by Gasteiger charge is 2.15. The molecule has 3 aromatic rings. The van der Waals surface area contributed by atoms with E-state index in [2.05, 4.69) is 18.8 Å². The van der Waals surface area contributed by atoms with E-state index in [-0.39, 0.29) is 11.5 Å². The number of hydrogen-bond acceptors (Lipinski definition) is 2. The van der Waals surface area contributed by atoms with E-state index in [4.69, 9.17) is 5.73 Å². The maximum absolute atomic E-state index is 13.8. The number of rotatable bonds is 2. The lowest BCUT2D eigenvalue weighted by atomic mass is 10.0. The summed E-state index contributed by atoms with van der Waals surface area (Å²) in [6.07, 6.45) is 0. The minimum absolute atomic E-state index is 0.0730. The normalized spacial score (nSPS) is 11.5. The van der Waals surface area contributed by atoms with Crippen LogP contribution in [0.25, 0.3) is 16.7 Å². The molecule has 0 amide bonds. The van der Waals surface area contributed by atoms with Gasteiger partial charge >= 0.3 is 0 Å². The molecule has 2 N–H and O–H groups in total. The molecule has 0 spiro atoms. The zero-order valence-corrected chi connectivity index (χ0v) is 11.8. The van der Waals surface area contributed by atoms with Crippen LogP contribution in [0.2, 0.25) is 0 Å². The van der Waals surface area contributed by atoms with Crippen LogP contribution in [-0.2, 0) is 0 Å². The second kappa shape index (κ2) is 4.84. The highest BCUT2D eigenvalue weighted by atomic mass is 19.1. The molecule has 3 rings (SSSR count). The van der Waals surface area contributed by atoms with Crippen molar-refractivity contribution in [2.75, 3.05) is 5.73 Å². The van der Waals surface area contributed by atoms with Crippen molar-refractivity contribution in [1.82, 2.24) is 9.55 Å². The first-order valence-corrected chi connectivity index (χ1v) is 6.70. The Bertz CT molecular complexity index is 822. The number of nitrogens with zero attached hydrogens (tertiary/aromatic N) is 2. The van der Waals surface area contributed by atoms with Gasteiger partial charge in [0.2, 0.25) is 5.95 Å². The number of anilines is 1. The fraction of sp³-hybridized carbons (Fsp3) is 0.188. The summed E-state index contributed by atoms with van der Waals surface area (Å²) >= 11 is 0. The molecule has 0 atom stereocenters. The van der Waals surface area contributed by atoms with E-state index in [9.17, 15) is 8.78 Å². The summed E-state index contributed by atoms with van der Waals surface area (Å²) in [6, 6.07) is 9.74. The summed E-state index contributed by atoms with van der Waals surface area (Å²) in [6.45, 7) is 4.15. The minimum Gasteiger partial charge on any atom is -0.369 e. The van der Waals surface area contributed by atoms with Gasteiger partial charge in [-0.15, -0.1) is 0 Å². The van der Waals surface area contributed by atoms with Gasteiger partial charge in [0, 0.05) is 17.8 Å². The fourth-order valence-corrected chi connectivity index (χ4v) is 2.42. The summed E-state index contributed by atoms with van der Waals surface area (Å²) in [5.41, 5.74) is 8.15. The Labute approximate surface area is 121 Å². The predicted molar refractivity (Wildman–Crippen MR) is 79.5 cm³/mol.